The Labute approximate surface area is 144 Å². The van der Waals surface area contributed by atoms with Crippen molar-refractivity contribution in [1.82, 2.24) is 0 Å². The van der Waals surface area contributed by atoms with Crippen LogP contribution in [0.3, 0.4) is 0 Å². The minimum Gasteiger partial charge on any atom is -0.380 e. The van der Waals surface area contributed by atoms with Gasteiger partial charge in [0.2, 0.25) is 0 Å². The normalized spacial score (nSPS) is 22.7. The maximum atomic E-state index is 14.1. The summed E-state index contributed by atoms with van der Waals surface area (Å²) in [5, 5.41) is 0. The van der Waals surface area contributed by atoms with Crippen molar-refractivity contribution in [2.45, 2.75) is 33.1 Å². The van der Waals surface area contributed by atoms with E-state index in [-0.39, 0.29) is 0 Å². The lowest BCUT2D eigenvalue weighted by molar-refractivity contribution is -0.109. The summed E-state index contributed by atoms with van der Waals surface area (Å²) >= 11 is 0. The minimum atomic E-state index is -5.17. The van der Waals surface area contributed by atoms with Gasteiger partial charge in [-0.25, -0.2) is 22.0 Å². The average molecular weight is 388 g/mol. The second-order valence-electron chi connectivity index (χ2n) is 6.82. The fourth-order valence-electron chi connectivity index (χ4n) is 3.15. The molecule has 0 aromatic heterocycles. The van der Waals surface area contributed by atoms with Crippen molar-refractivity contribution >= 4 is 0 Å². The first-order valence-corrected chi connectivity index (χ1v) is 7.61. The average Bonchev–Trinajstić information content (AvgIpc) is 3.04. The van der Waals surface area contributed by atoms with Crippen molar-refractivity contribution in [3.63, 3.8) is 0 Å². The molecule has 0 heterocycles. The maximum Gasteiger partial charge on any atom is 0.442 e. The van der Waals surface area contributed by atoms with Gasteiger partial charge in [0, 0.05) is 12.7 Å². The summed E-state index contributed by atoms with van der Waals surface area (Å²) in [6.07, 6.45) is -5.40. The first-order valence-electron chi connectivity index (χ1n) is 7.61. The zero-order chi connectivity index (χ0) is 20.0. The molecule has 0 radical (unpaired) electrons. The van der Waals surface area contributed by atoms with Crippen molar-refractivity contribution in [1.29, 1.82) is 0 Å². The van der Waals surface area contributed by atoms with E-state index < -0.39 is 76.7 Å². The van der Waals surface area contributed by atoms with Crippen LogP contribution >= 0.6 is 0 Å². The monoisotopic (exact) mass is 388 g/mol. The van der Waals surface area contributed by atoms with Crippen LogP contribution in [-0.4, -0.2) is 13.3 Å². The lowest BCUT2D eigenvalue weighted by atomic mass is 9.99. The molecule has 0 N–H and O–H groups in total. The Kier molecular flexibility index (Phi) is 5.43. The highest BCUT2D eigenvalue weighted by atomic mass is 19.4. The molecule has 1 saturated carbocycles. The first kappa shape index (κ1) is 20.7. The summed E-state index contributed by atoms with van der Waals surface area (Å²) in [6.45, 7) is 2.26. The third-order valence-electron chi connectivity index (χ3n) is 4.89. The Balaban J connectivity index is 2.35. The Morgan fingerprint density at radius 3 is 1.88 bits per heavy atom. The molecule has 0 spiro atoms. The number of hydrogen-bond donors (Lipinski definition) is 0. The highest BCUT2D eigenvalue weighted by molar-refractivity contribution is 5.32. The van der Waals surface area contributed by atoms with Crippen LogP contribution in [0.2, 0.25) is 0 Å². The largest absolute Gasteiger partial charge is 0.442 e. The SMILES string of the molecule is COCc1c(F)c(F)c(C[C@@H]2[C@H](C=C(F)C(F)(F)F)C2(C)C)c(F)c1F. The van der Waals surface area contributed by atoms with Crippen molar-refractivity contribution in [2.75, 3.05) is 7.11 Å². The second kappa shape index (κ2) is 6.83. The Morgan fingerprint density at radius 1 is 1.00 bits per heavy atom. The summed E-state index contributed by atoms with van der Waals surface area (Å²) < 4.78 is 111. The lowest BCUT2D eigenvalue weighted by Gasteiger charge is -2.12. The van der Waals surface area contributed by atoms with Crippen LogP contribution in [0.4, 0.5) is 35.1 Å². The van der Waals surface area contributed by atoms with Gasteiger partial charge in [-0.2, -0.15) is 13.2 Å². The van der Waals surface area contributed by atoms with Crippen LogP contribution in [0, 0.1) is 40.5 Å². The Morgan fingerprint density at radius 2 is 1.46 bits per heavy atom. The number of ether oxygens (including phenoxy) is 1. The summed E-state index contributed by atoms with van der Waals surface area (Å²) in [5.74, 6) is -10.6. The summed E-state index contributed by atoms with van der Waals surface area (Å²) in [5.41, 5.74) is -2.75. The molecule has 0 bridgehead atoms. The molecule has 9 heteroatoms. The third-order valence-corrected chi connectivity index (χ3v) is 4.89. The molecule has 26 heavy (non-hydrogen) atoms. The number of halogens is 8. The van der Waals surface area contributed by atoms with Gasteiger partial charge in [0.15, 0.2) is 29.1 Å². The van der Waals surface area contributed by atoms with Gasteiger partial charge in [0.1, 0.15) is 0 Å². The predicted octanol–water partition coefficient (Wildman–Crippen LogP) is 5.62. The van der Waals surface area contributed by atoms with E-state index in [4.69, 9.17) is 0 Å². The number of allylic oxidation sites excluding steroid dienone is 2. The highest BCUT2D eigenvalue weighted by Gasteiger charge is 2.57. The molecule has 1 aromatic rings. The van der Waals surface area contributed by atoms with E-state index in [1.165, 1.54) is 13.8 Å². The van der Waals surface area contributed by atoms with Crippen LogP contribution < -0.4 is 0 Å². The highest BCUT2D eigenvalue weighted by Crippen LogP contribution is 2.61. The molecule has 1 aliphatic rings. The molecule has 1 aromatic carbocycles. The molecule has 0 saturated heterocycles. The van der Waals surface area contributed by atoms with Crippen molar-refractivity contribution < 1.29 is 39.9 Å². The van der Waals surface area contributed by atoms with Gasteiger partial charge in [-0.15, -0.1) is 0 Å². The van der Waals surface area contributed by atoms with Gasteiger partial charge in [-0.05, 0) is 29.7 Å². The van der Waals surface area contributed by atoms with Crippen molar-refractivity contribution in [2.24, 2.45) is 17.3 Å². The van der Waals surface area contributed by atoms with E-state index in [1.807, 2.05) is 0 Å². The van der Waals surface area contributed by atoms with Crippen molar-refractivity contribution in [3.8, 4) is 0 Å². The van der Waals surface area contributed by atoms with E-state index in [9.17, 15) is 35.1 Å². The van der Waals surface area contributed by atoms with Crippen LogP contribution in [0.15, 0.2) is 11.9 Å². The van der Waals surface area contributed by atoms with Gasteiger partial charge in [-0.1, -0.05) is 13.8 Å². The summed E-state index contributed by atoms with van der Waals surface area (Å²) in [6, 6.07) is 0. The standard InChI is InChI=1S/C17H16F8O/c1-16(2)9(10(16)5-11(18)17(23,24)25)4-7-12(19)14(21)8(6-26-3)15(22)13(7)20/h5,9-10H,4,6H2,1-3H3/t9-,10+/m1/s1. The van der Waals surface area contributed by atoms with Gasteiger partial charge in [0.25, 0.3) is 0 Å². The van der Waals surface area contributed by atoms with E-state index in [0.29, 0.717) is 6.08 Å². The van der Waals surface area contributed by atoms with Gasteiger partial charge < -0.3 is 4.74 Å². The molecule has 2 rings (SSSR count). The molecular formula is C17H16F8O. The molecule has 1 nitrogen and oxygen atoms in total. The van der Waals surface area contributed by atoms with Crippen LogP contribution in [0.25, 0.3) is 0 Å². The van der Waals surface area contributed by atoms with E-state index in [1.54, 1.807) is 0 Å². The molecule has 0 aliphatic heterocycles. The zero-order valence-electron chi connectivity index (χ0n) is 14.1. The third kappa shape index (κ3) is 3.58. The number of benzene rings is 1. The van der Waals surface area contributed by atoms with E-state index in [2.05, 4.69) is 4.74 Å². The minimum absolute atomic E-state index is 0.340. The number of alkyl halides is 3. The maximum absolute atomic E-state index is 14.1. The predicted molar refractivity (Wildman–Crippen MR) is 76.7 cm³/mol. The van der Waals surface area contributed by atoms with Gasteiger partial charge in [-0.3, -0.25) is 0 Å². The van der Waals surface area contributed by atoms with Crippen LogP contribution in [-0.2, 0) is 17.8 Å². The number of methoxy groups -OCH3 is 1. The lowest BCUT2D eigenvalue weighted by Crippen LogP contribution is -2.11. The molecule has 0 unspecified atom stereocenters. The zero-order valence-corrected chi connectivity index (χ0v) is 14.1. The summed E-state index contributed by atoms with van der Waals surface area (Å²) in [4.78, 5) is 0. The van der Waals surface area contributed by atoms with Gasteiger partial charge in [0.05, 0.1) is 12.2 Å². The topological polar surface area (TPSA) is 9.23 Å². The molecule has 1 aliphatic carbocycles. The van der Waals surface area contributed by atoms with E-state index >= 15 is 0 Å². The Hall–Kier alpha value is -1.64. The molecule has 1 fully saturated rings. The molecule has 146 valence electrons. The van der Waals surface area contributed by atoms with Crippen LogP contribution in [0.5, 0.6) is 0 Å². The fourth-order valence-corrected chi connectivity index (χ4v) is 3.15. The second-order valence-corrected chi connectivity index (χ2v) is 6.82. The smallest absolute Gasteiger partial charge is 0.380 e. The first-order chi connectivity index (χ1) is 11.8. The number of rotatable bonds is 5. The number of hydrogen-bond acceptors (Lipinski definition) is 1. The van der Waals surface area contributed by atoms with Crippen LogP contribution in [0.1, 0.15) is 25.0 Å². The molecule has 2 atom stereocenters. The fraction of sp³-hybridized carbons (Fsp3) is 0.529. The van der Waals surface area contributed by atoms with Crippen molar-refractivity contribution in [3.05, 3.63) is 46.3 Å². The Bertz CT molecular complexity index is 706. The quantitative estimate of drug-likeness (QED) is 0.470. The molecular weight excluding hydrogens is 372 g/mol. The molecule has 0 amide bonds. The summed E-state index contributed by atoms with van der Waals surface area (Å²) in [7, 11) is 1.08. The van der Waals surface area contributed by atoms with E-state index in [0.717, 1.165) is 7.11 Å². The van der Waals surface area contributed by atoms with Gasteiger partial charge >= 0.3 is 6.18 Å².